The van der Waals surface area contributed by atoms with Crippen LogP contribution in [0.3, 0.4) is 0 Å². The quantitative estimate of drug-likeness (QED) is 0.848. The Morgan fingerprint density at radius 1 is 1.05 bits per heavy atom. The molecule has 0 spiro atoms. The molecule has 0 saturated carbocycles. The van der Waals surface area contributed by atoms with Gasteiger partial charge in [-0.15, -0.1) is 0 Å². The predicted molar refractivity (Wildman–Crippen MR) is 85.5 cm³/mol. The average molecular weight is 285 g/mol. The first-order valence-electron chi connectivity index (χ1n) is 7.29. The Balaban J connectivity index is 2.13. The maximum atomic E-state index is 6.39. The molecule has 112 valence electrons. The van der Waals surface area contributed by atoms with Crippen LogP contribution in [0.1, 0.15) is 24.2 Å². The Morgan fingerprint density at radius 2 is 1.81 bits per heavy atom. The topological polar surface area (TPSA) is 44.5 Å². The van der Waals surface area contributed by atoms with Crippen LogP contribution >= 0.6 is 0 Å². The molecule has 0 radical (unpaired) electrons. The summed E-state index contributed by atoms with van der Waals surface area (Å²) >= 11 is 0. The smallest absolute Gasteiger partial charge is 0.119 e. The molecule has 0 aromatic heterocycles. The molecule has 2 aromatic rings. The van der Waals surface area contributed by atoms with Crippen molar-refractivity contribution in [1.82, 2.24) is 0 Å². The maximum absolute atomic E-state index is 6.39. The summed E-state index contributed by atoms with van der Waals surface area (Å²) in [5, 5.41) is 0. The van der Waals surface area contributed by atoms with Gasteiger partial charge >= 0.3 is 0 Å². The first kappa shape index (κ1) is 15.5. The van der Waals surface area contributed by atoms with Gasteiger partial charge in [-0.05, 0) is 36.6 Å². The minimum atomic E-state index is -0.0977. The molecular formula is C18H23NO2. The summed E-state index contributed by atoms with van der Waals surface area (Å²) in [4.78, 5) is 0. The molecule has 2 aromatic carbocycles. The number of hydrogen-bond donors (Lipinski definition) is 1. The number of hydrogen-bond acceptors (Lipinski definition) is 3. The third-order valence-corrected chi connectivity index (χ3v) is 3.47. The SMILES string of the molecule is CCOC(c1ccccc1)C(N)Cc1cccc(OC)c1. The molecule has 0 fully saturated rings. The molecular weight excluding hydrogens is 262 g/mol. The standard InChI is InChI=1S/C18H23NO2/c1-3-21-18(15-9-5-4-6-10-15)17(19)13-14-8-7-11-16(12-14)20-2/h4-12,17-18H,3,13,19H2,1-2H3. The van der Waals surface area contributed by atoms with Gasteiger partial charge in [-0.1, -0.05) is 42.5 Å². The van der Waals surface area contributed by atoms with E-state index < -0.39 is 0 Å². The summed E-state index contributed by atoms with van der Waals surface area (Å²) in [7, 11) is 1.67. The lowest BCUT2D eigenvalue weighted by molar-refractivity contribution is 0.0433. The number of benzene rings is 2. The van der Waals surface area contributed by atoms with Gasteiger partial charge in [0.1, 0.15) is 5.75 Å². The van der Waals surface area contributed by atoms with E-state index in [0.29, 0.717) is 6.61 Å². The highest BCUT2D eigenvalue weighted by Gasteiger charge is 2.20. The van der Waals surface area contributed by atoms with Gasteiger partial charge < -0.3 is 15.2 Å². The second-order valence-corrected chi connectivity index (χ2v) is 5.01. The average Bonchev–Trinajstić information content (AvgIpc) is 2.53. The van der Waals surface area contributed by atoms with Gasteiger partial charge in [-0.25, -0.2) is 0 Å². The minimum absolute atomic E-state index is 0.0950. The Hall–Kier alpha value is -1.84. The van der Waals surface area contributed by atoms with Gasteiger partial charge in [0.2, 0.25) is 0 Å². The van der Waals surface area contributed by atoms with Crippen LogP contribution in [0.4, 0.5) is 0 Å². The van der Waals surface area contributed by atoms with Gasteiger partial charge in [0.15, 0.2) is 0 Å². The van der Waals surface area contributed by atoms with Gasteiger partial charge in [0.25, 0.3) is 0 Å². The molecule has 0 bridgehead atoms. The van der Waals surface area contributed by atoms with Crippen molar-refractivity contribution < 1.29 is 9.47 Å². The van der Waals surface area contributed by atoms with Crippen molar-refractivity contribution >= 4 is 0 Å². The third kappa shape index (κ3) is 4.31. The molecule has 2 rings (SSSR count). The van der Waals surface area contributed by atoms with Gasteiger partial charge in [-0.2, -0.15) is 0 Å². The molecule has 2 N–H and O–H groups in total. The Morgan fingerprint density at radius 3 is 2.48 bits per heavy atom. The van der Waals surface area contributed by atoms with Crippen molar-refractivity contribution in [3.63, 3.8) is 0 Å². The zero-order chi connectivity index (χ0) is 15.1. The lowest BCUT2D eigenvalue weighted by Gasteiger charge is -2.24. The largest absolute Gasteiger partial charge is 0.497 e. The minimum Gasteiger partial charge on any atom is -0.497 e. The van der Waals surface area contributed by atoms with Crippen LogP contribution in [0.25, 0.3) is 0 Å². The molecule has 0 saturated heterocycles. The van der Waals surface area contributed by atoms with E-state index in [1.807, 2.05) is 43.3 Å². The van der Waals surface area contributed by atoms with Gasteiger partial charge in [-0.3, -0.25) is 0 Å². The van der Waals surface area contributed by atoms with E-state index in [1.165, 1.54) is 0 Å². The second-order valence-electron chi connectivity index (χ2n) is 5.01. The predicted octanol–water partition coefficient (Wildman–Crippen LogP) is 3.34. The Bertz CT molecular complexity index is 542. The molecule has 0 aliphatic heterocycles. The van der Waals surface area contributed by atoms with Crippen LogP contribution in [-0.2, 0) is 11.2 Å². The van der Waals surface area contributed by atoms with Crippen molar-refractivity contribution in [1.29, 1.82) is 0 Å². The number of rotatable bonds is 7. The lowest BCUT2D eigenvalue weighted by Crippen LogP contribution is -2.32. The van der Waals surface area contributed by atoms with Crippen LogP contribution in [0, 0.1) is 0 Å². The van der Waals surface area contributed by atoms with E-state index >= 15 is 0 Å². The van der Waals surface area contributed by atoms with Crippen LogP contribution in [0.2, 0.25) is 0 Å². The summed E-state index contributed by atoms with van der Waals surface area (Å²) in [6.07, 6.45) is 0.652. The zero-order valence-electron chi connectivity index (χ0n) is 12.7. The molecule has 2 unspecified atom stereocenters. The third-order valence-electron chi connectivity index (χ3n) is 3.47. The molecule has 2 atom stereocenters. The summed E-state index contributed by atoms with van der Waals surface area (Å²) in [6.45, 7) is 2.64. The van der Waals surface area contributed by atoms with Crippen molar-refractivity contribution in [3.8, 4) is 5.75 Å². The van der Waals surface area contributed by atoms with E-state index in [0.717, 1.165) is 23.3 Å². The van der Waals surface area contributed by atoms with Crippen LogP contribution < -0.4 is 10.5 Å². The second kappa shape index (κ2) is 7.81. The van der Waals surface area contributed by atoms with E-state index in [2.05, 4.69) is 18.2 Å². The normalized spacial score (nSPS) is 13.7. The van der Waals surface area contributed by atoms with Crippen molar-refractivity contribution in [2.75, 3.05) is 13.7 Å². The summed E-state index contributed by atoms with van der Waals surface area (Å²) < 4.78 is 11.1. The highest BCUT2D eigenvalue weighted by Crippen LogP contribution is 2.23. The summed E-state index contributed by atoms with van der Waals surface area (Å²) in [6, 6.07) is 18.1. The van der Waals surface area contributed by atoms with Crippen LogP contribution in [-0.4, -0.2) is 19.8 Å². The molecule has 0 heterocycles. The summed E-state index contributed by atoms with van der Waals surface area (Å²) in [5.74, 6) is 0.854. The monoisotopic (exact) mass is 285 g/mol. The number of methoxy groups -OCH3 is 1. The number of ether oxygens (including phenoxy) is 2. The van der Waals surface area contributed by atoms with E-state index in [4.69, 9.17) is 15.2 Å². The highest BCUT2D eigenvalue weighted by molar-refractivity contribution is 5.29. The maximum Gasteiger partial charge on any atom is 0.119 e. The number of nitrogens with two attached hydrogens (primary N) is 1. The molecule has 21 heavy (non-hydrogen) atoms. The fraction of sp³-hybridized carbons (Fsp3) is 0.333. The van der Waals surface area contributed by atoms with Crippen molar-refractivity contribution in [3.05, 3.63) is 65.7 Å². The fourth-order valence-corrected chi connectivity index (χ4v) is 2.47. The summed E-state index contributed by atoms with van der Waals surface area (Å²) in [5.41, 5.74) is 8.67. The zero-order valence-corrected chi connectivity index (χ0v) is 12.7. The molecule has 0 amide bonds. The first-order chi connectivity index (χ1) is 10.2. The van der Waals surface area contributed by atoms with Gasteiger partial charge in [0, 0.05) is 12.6 Å². The molecule has 0 aliphatic rings. The van der Waals surface area contributed by atoms with Crippen molar-refractivity contribution in [2.24, 2.45) is 5.73 Å². The Labute approximate surface area is 126 Å². The highest BCUT2D eigenvalue weighted by atomic mass is 16.5. The van der Waals surface area contributed by atoms with E-state index in [9.17, 15) is 0 Å². The molecule has 3 heteroatoms. The van der Waals surface area contributed by atoms with Crippen molar-refractivity contribution in [2.45, 2.75) is 25.5 Å². The van der Waals surface area contributed by atoms with Crippen LogP contribution in [0.5, 0.6) is 5.75 Å². The van der Waals surface area contributed by atoms with Crippen LogP contribution in [0.15, 0.2) is 54.6 Å². The van der Waals surface area contributed by atoms with Gasteiger partial charge in [0.05, 0.1) is 13.2 Å². The first-order valence-corrected chi connectivity index (χ1v) is 7.29. The fourth-order valence-electron chi connectivity index (χ4n) is 2.47. The van der Waals surface area contributed by atoms with E-state index in [-0.39, 0.29) is 12.1 Å². The lowest BCUT2D eigenvalue weighted by atomic mass is 9.96. The Kier molecular flexibility index (Phi) is 5.78. The van der Waals surface area contributed by atoms with E-state index in [1.54, 1.807) is 7.11 Å². The molecule has 0 aliphatic carbocycles. The molecule has 3 nitrogen and oxygen atoms in total.